The van der Waals surface area contributed by atoms with Gasteiger partial charge >= 0.3 is 0 Å². The highest BCUT2D eigenvalue weighted by molar-refractivity contribution is 5.92. The monoisotopic (exact) mass is 346 g/mol. The molecule has 0 aliphatic rings. The van der Waals surface area contributed by atoms with E-state index in [-0.39, 0.29) is 5.91 Å². The zero-order valence-corrected chi connectivity index (χ0v) is 15.4. The van der Waals surface area contributed by atoms with Crippen LogP contribution in [0.2, 0.25) is 0 Å². The molecule has 1 amide bonds. The maximum Gasteiger partial charge on any atom is 0.248 e. The van der Waals surface area contributed by atoms with Crippen molar-refractivity contribution in [3.8, 4) is 0 Å². The number of benzene rings is 3. The Hall–Kier alpha value is -3.07. The summed E-state index contributed by atoms with van der Waals surface area (Å²) < 4.78 is 0. The Morgan fingerprint density at radius 3 is 2.00 bits per heavy atom. The van der Waals surface area contributed by atoms with E-state index in [4.69, 9.17) is 5.73 Å². The minimum Gasteiger partial charge on any atom is -0.381 e. The molecule has 3 N–H and O–H groups in total. The van der Waals surface area contributed by atoms with Crippen LogP contribution < -0.4 is 11.1 Å². The van der Waals surface area contributed by atoms with Gasteiger partial charge in [-0.25, -0.2) is 0 Å². The highest BCUT2D eigenvalue weighted by Gasteiger charge is 1.96. The summed E-state index contributed by atoms with van der Waals surface area (Å²) in [5.41, 5.74) is 10.6. The van der Waals surface area contributed by atoms with Crippen molar-refractivity contribution in [2.24, 2.45) is 5.73 Å². The quantitative estimate of drug-likeness (QED) is 0.686. The third kappa shape index (κ3) is 6.44. The van der Waals surface area contributed by atoms with E-state index >= 15 is 0 Å². The number of carbonyl (C=O) groups excluding carboxylic acids is 1. The Bertz CT molecular complexity index is 794. The first-order valence-corrected chi connectivity index (χ1v) is 8.81. The Morgan fingerprint density at radius 2 is 1.46 bits per heavy atom. The Balaban J connectivity index is 0.000000209. The predicted molar refractivity (Wildman–Crippen MR) is 109 cm³/mol. The summed E-state index contributed by atoms with van der Waals surface area (Å²) in [6, 6.07) is 26.2. The molecule has 3 nitrogen and oxygen atoms in total. The van der Waals surface area contributed by atoms with Gasteiger partial charge in [0.05, 0.1) is 0 Å². The van der Waals surface area contributed by atoms with Crippen LogP contribution in [0.3, 0.4) is 0 Å². The minimum atomic E-state index is -0.375. The van der Waals surface area contributed by atoms with Gasteiger partial charge in [0.25, 0.3) is 0 Å². The average Bonchev–Trinajstić information content (AvgIpc) is 2.68. The number of hydrogen-bond acceptors (Lipinski definition) is 2. The molecule has 0 atom stereocenters. The number of anilines is 1. The molecule has 3 aromatic rings. The molecule has 3 heteroatoms. The Kier molecular flexibility index (Phi) is 7.44. The van der Waals surface area contributed by atoms with Gasteiger partial charge < -0.3 is 11.1 Å². The molecule has 0 unspecified atom stereocenters. The molecule has 0 heterocycles. The van der Waals surface area contributed by atoms with Crippen molar-refractivity contribution in [2.75, 3.05) is 5.32 Å². The second-order valence-electron chi connectivity index (χ2n) is 6.12. The van der Waals surface area contributed by atoms with Crippen LogP contribution >= 0.6 is 0 Å². The number of carbonyl (C=O) groups is 1. The van der Waals surface area contributed by atoms with Gasteiger partial charge in [-0.3, -0.25) is 4.79 Å². The number of rotatable bonds is 5. The van der Waals surface area contributed by atoms with E-state index < -0.39 is 0 Å². The van der Waals surface area contributed by atoms with E-state index in [1.165, 1.54) is 16.8 Å². The van der Waals surface area contributed by atoms with Crippen molar-refractivity contribution < 1.29 is 4.79 Å². The molecular weight excluding hydrogens is 320 g/mol. The van der Waals surface area contributed by atoms with Gasteiger partial charge in [0.1, 0.15) is 0 Å². The lowest BCUT2D eigenvalue weighted by Crippen LogP contribution is -2.10. The maximum absolute atomic E-state index is 10.5. The van der Waals surface area contributed by atoms with Crippen LogP contribution in [-0.4, -0.2) is 5.91 Å². The fourth-order valence-corrected chi connectivity index (χ4v) is 2.38. The molecule has 26 heavy (non-hydrogen) atoms. The maximum atomic E-state index is 10.5. The van der Waals surface area contributed by atoms with E-state index in [2.05, 4.69) is 60.8 Å². The van der Waals surface area contributed by atoms with Gasteiger partial charge in [-0.15, -0.1) is 0 Å². The molecule has 0 aliphatic heterocycles. The number of hydrogen-bond donors (Lipinski definition) is 2. The molecule has 0 radical (unpaired) electrons. The van der Waals surface area contributed by atoms with Crippen LogP contribution in [0.25, 0.3) is 0 Å². The van der Waals surface area contributed by atoms with Gasteiger partial charge in [0, 0.05) is 17.8 Å². The Labute approximate surface area is 155 Å². The van der Waals surface area contributed by atoms with Crippen molar-refractivity contribution >= 4 is 11.6 Å². The molecule has 3 rings (SSSR count). The van der Waals surface area contributed by atoms with Crippen molar-refractivity contribution in [3.05, 3.63) is 101 Å². The topological polar surface area (TPSA) is 55.1 Å². The van der Waals surface area contributed by atoms with Gasteiger partial charge in [-0.2, -0.15) is 0 Å². The van der Waals surface area contributed by atoms with Crippen LogP contribution in [0.1, 0.15) is 34.0 Å². The number of aryl methyl sites for hydroxylation is 2. The second-order valence-corrected chi connectivity index (χ2v) is 6.12. The van der Waals surface area contributed by atoms with E-state index in [1.807, 2.05) is 25.1 Å². The molecule has 0 bridgehead atoms. The molecule has 0 aromatic heterocycles. The zero-order valence-electron chi connectivity index (χ0n) is 15.4. The SMILES string of the molecule is CCc1ccc(NCc2ccccc2)cc1.Cc1ccc(C(N)=O)cc1. The summed E-state index contributed by atoms with van der Waals surface area (Å²) in [5.74, 6) is -0.375. The third-order valence-corrected chi connectivity index (χ3v) is 4.04. The van der Waals surface area contributed by atoms with Gasteiger partial charge in [0.15, 0.2) is 0 Å². The molecule has 0 saturated carbocycles. The van der Waals surface area contributed by atoms with Crippen LogP contribution in [0.4, 0.5) is 5.69 Å². The van der Waals surface area contributed by atoms with Crippen LogP contribution in [0.15, 0.2) is 78.9 Å². The summed E-state index contributed by atoms with van der Waals surface area (Å²) in [6.45, 7) is 5.02. The number of amides is 1. The highest BCUT2D eigenvalue weighted by atomic mass is 16.1. The lowest BCUT2D eigenvalue weighted by Gasteiger charge is -2.07. The van der Waals surface area contributed by atoms with E-state index in [0.29, 0.717) is 5.56 Å². The minimum absolute atomic E-state index is 0.375. The van der Waals surface area contributed by atoms with Crippen molar-refractivity contribution in [3.63, 3.8) is 0 Å². The number of nitrogens with two attached hydrogens (primary N) is 1. The van der Waals surface area contributed by atoms with E-state index in [0.717, 1.165) is 18.5 Å². The van der Waals surface area contributed by atoms with Crippen molar-refractivity contribution in [1.82, 2.24) is 0 Å². The lowest BCUT2D eigenvalue weighted by atomic mass is 10.1. The summed E-state index contributed by atoms with van der Waals surface area (Å²) in [4.78, 5) is 10.5. The molecule has 0 spiro atoms. The lowest BCUT2D eigenvalue weighted by molar-refractivity contribution is 0.100. The summed E-state index contributed by atoms with van der Waals surface area (Å²) in [6.07, 6.45) is 1.10. The van der Waals surface area contributed by atoms with Crippen LogP contribution in [0.5, 0.6) is 0 Å². The van der Waals surface area contributed by atoms with Crippen molar-refractivity contribution in [2.45, 2.75) is 26.8 Å². The van der Waals surface area contributed by atoms with Gasteiger partial charge in [0.2, 0.25) is 5.91 Å². The van der Waals surface area contributed by atoms with E-state index in [1.54, 1.807) is 12.1 Å². The average molecular weight is 346 g/mol. The molecule has 134 valence electrons. The van der Waals surface area contributed by atoms with Crippen LogP contribution in [0, 0.1) is 6.92 Å². The second kappa shape index (κ2) is 10.0. The first-order valence-electron chi connectivity index (χ1n) is 8.81. The fourth-order valence-electron chi connectivity index (χ4n) is 2.38. The summed E-state index contributed by atoms with van der Waals surface area (Å²) in [5, 5.41) is 3.41. The third-order valence-electron chi connectivity index (χ3n) is 4.04. The first-order chi connectivity index (χ1) is 12.6. The standard InChI is InChI=1S/C15H17N.C8H9NO/c1-2-13-8-10-15(11-9-13)16-12-14-6-4-3-5-7-14;1-6-2-4-7(5-3-6)8(9)10/h3-11,16H,2,12H2,1H3;2-5H,1H3,(H2,9,10). The smallest absolute Gasteiger partial charge is 0.248 e. The molecule has 0 aliphatic carbocycles. The summed E-state index contributed by atoms with van der Waals surface area (Å²) >= 11 is 0. The highest BCUT2D eigenvalue weighted by Crippen LogP contribution is 2.11. The van der Waals surface area contributed by atoms with Gasteiger partial charge in [-0.05, 0) is 48.7 Å². The summed E-state index contributed by atoms with van der Waals surface area (Å²) in [7, 11) is 0. The normalized spacial score (nSPS) is 9.77. The molecule has 3 aromatic carbocycles. The fraction of sp³-hybridized carbons (Fsp3) is 0.174. The molecule has 0 fully saturated rings. The number of primary amides is 1. The largest absolute Gasteiger partial charge is 0.381 e. The van der Waals surface area contributed by atoms with Gasteiger partial charge in [-0.1, -0.05) is 67.1 Å². The molecule has 0 saturated heterocycles. The number of nitrogens with one attached hydrogen (secondary N) is 1. The predicted octanol–water partition coefficient (Wildman–Crippen LogP) is 4.96. The zero-order chi connectivity index (χ0) is 18.8. The first kappa shape index (κ1) is 19.3. The van der Waals surface area contributed by atoms with Crippen molar-refractivity contribution in [1.29, 1.82) is 0 Å². The Morgan fingerprint density at radius 1 is 0.846 bits per heavy atom. The van der Waals surface area contributed by atoms with E-state index in [9.17, 15) is 4.79 Å². The molecular formula is C23H26N2O. The van der Waals surface area contributed by atoms with Crippen LogP contribution in [-0.2, 0) is 13.0 Å².